The number of nitrogens with one attached hydrogen (secondary N) is 8. The maximum Gasteiger partial charge on any atom is 0.327 e. The number of carboxylic acid groups (broad SMARTS) is 2. The summed E-state index contributed by atoms with van der Waals surface area (Å²) in [5.41, 5.74) is 38.6. The lowest BCUT2D eigenvalue weighted by Crippen LogP contribution is -2.61. The molecule has 0 radical (unpaired) electrons. The topological polar surface area (TPSA) is 552 Å². The number of amides is 9. The first-order chi connectivity index (χ1) is 33.3. The Morgan fingerprint density at radius 1 is 0.620 bits per heavy atom. The van der Waals surface area contributed by atoms with Gasteiger partial charge in [-0.1, -0.05) is 21.6 Å². The lowest BCUT2D eigenvalue weighted by atomic mass is 10.0. The summed E-state index contributed by atoms with van der Waals surface area (Å²) in [4.78, 5) is 148. The van der Waals surface area contributed by atoms with Crippen molar-refractivity contribution in [3.05, 3.63) is 0 Å². The number of aliphatic imine (C=N–C) groups is 2. The second-order valence-corrected chi connectivity index (χ2v) is 18.0. The number of hydrogen-bond acceptors (Lipinski definition) is 18. The molecule has 0 bridgehead atoms. The molecular formula is C38H69N17O14S2. The zero-order chi connectivity index (χ0) is 54.2. The summed E-state index contributed by atoms with van der Waals surface area (Å²) < 4.78 is 0. The van der Waals surface area contributed by atoms with E-state index in [1.807, 2.05) is 0 Å². The average molecular weight is 1050 g/mol. The van der Waals surface area contributed by atoms with E-state index in [1.54, 1.807) is 0 Å². The van der Waals surface area contributed by atoms with Crippen molar-refractivity contribution >= 4 is 98.6 Å². The molecule has 33 heteroatoms. The Bertz CT molecular complexity index is 1890. The number of aliphatic carboxylic acids is 2. The van der Waals surface area contributed by atoms with Gasteiger partial charge in [-0.25, -0.2) is 4.79 Å². The fourth-order valence-electron chi connectivity index (χ4n) is 5.75. The number of nitrogens with two attached hydrogens (primary N) is 7. The standard InChI is InChI=1S/C36H65N17O12S2.C2H4O2/c1-17(54)27-33(63)52-19(7-4-10-44-35(40)41)29(59)47-14-26(57)49-23(34(64)65)16-67-66-15-18(38)28(58)46-13-25(56)48-22(12-24(39)55)32(62)51-20(6-2-3-9-37)30(60)50-21(31(61)53-27)8-5-11-45-36(42)43;1-2(3)4/h17-23,27,54H,2-16,37-38H2,1H3,(H2,39,55)(H,46,58)(H,47,59)(H,48,56)(H,49,57)(H,50,60)(H,51,62)(H,52,63)(H,53,61)(H,64,65)(H4,40,41,44)(H4,42,43,45);1H3,(H,3,4)/t17-,18+,19+,20+,21+,22?,23?,27+;/m1./s1. The van der Waals surface area contributed by atoms with Crippen LogP contribution in [0, 0.1) is 0 Å². The summed E-state index contributed by atoms with van der Waals surface area (Å²) >= 11 is 0. The first-order valence-corrected chi connectivity index (χ1v) is 24.3. The van der Waals surface area contributed by atoms with Crippen LogP contribution in [-0.2, 0) is 52.7 Å². The number of aliphatic hydroxyl groups excluding tert-OH is 1. The molecule has 8 atom stereocenters. The van der Waals surface area contributed by atoms with Gasteiger partial charge in [-0.3, -0.25) is 57.9 Å². The molecule has 1 saturated heterocycles. The van der Waals surface area contributed by atoms with Crippen molar-refractivity contribution in [1.29, 1.82) is 0 Å². The number of carbonyl (C=O) groups is 11. The van der Waals surface area contributed by atoms with Gasteiger partial charge in [0.25, 0.3) is 5.97 Å². The van der Waals surface area contributed by atoms with Gasteiger partial charge >= 0.3 is 5.97 Å². The van der Waals surface area contributed by atoms with E-state index in [0.717, 1.165) is 35.4 Å². The largest absolute Gasteiger partial charge is 0.481 e. The van der Waals surface area contributed by atoms with Crippen LogP contribution >= 0.6 is 21.6 Å². The Morgan fingerprint density at radius 2 is 1.06 bits per heavy atom. The summed E-state index contributed by atoms with van der Waals surface area (Å²) in [6.07, 6.45) is -1.95. The molecule has 71 heavy (non-hydrogen) atoms. The molecule has 2 unspecified atom stereocenters. The van der Waals surface area contributed by atoms with E-state index in [-0.39, 0.29) is 81.6 Å². The minimum atomic E-state index is -1.78. The van der Waals surface area contributed by atoms with Gasteiger partial charge in [0.1, 0.15) is 36.3 Å². The van der Waals surface area contributed by atoms with Crippen molar-refractivity contribution in [3.8, 4) is 0 Å². The lowest BCUT2D eigenvalue weighted by Gasteiger charge is -2.28. The average Bonchev–Trinajstić information content (AvgIpc) is 3.27. The third-order valence-corrected chi connectivity index (χ3v) is 11.7. The molecule has 1 heterocycles. The molecule has 25 N–H and O–H groups in total. The second-order valence-electron chi connectivity index (χ2n) is 15.5. The zero-order valence-electron chi connectivity index (χ0n) is 39.3. The summed E-state index contributed by atoms with van der Waals surface area (Å²) in [7, 11) is 1.90. The van der Waals surface area contributed by atoms with Crippen molar-refractivity contribution in [1.82, 2.24) is 42.5 Å². The highest BCUT2D eigenvalue weighted by Crippen LogP contribution is 2.22. The van der Waals surface area contributed by atoms with Gasteiger partial charge in [-0.2, -0.15) is 0 Å². The second kappa shape index (κ2) is 35.4. The Hall–Kier alpha value is -6.71. The number of guanidine groups is 2. The van der Waals surface area contributed by atoms with Crippen LogP contribution < -0.4 is 82.7 Å². The lowest BCUT2D eigenvalue weighted by molar-refractivity contribution is -0.141. The fourth-order valence-corrected chi connectivity index (χ4v) is 8.03. The predicted octanol–water partition coefficient (Wildman–Crippen LogP) is -8.48. The zero-order valence-corrected chi connectivity index (χ0v) is 40.9. The summed E-state index contributed by atoms with van der Waals surface area (Å²) in [5.74, 6) is -11.9. The first-order valence-electron chi connectivity index (χ1n) is 21.8. The normalized spacial score (nSPS) is 23.4. The van der Waals surface area contributed by atoms with Crippen molar-refractivity contribution in [2.75, 3.05) is 44.2 Å². The number of carbonyl (C=O) groups excluding carboxylic acids is 9. The number of nitrogens with zero attached hydrogens (tertiary/aromatic N) is 2. The number of hydrogen-bond donors (Lipinski definition) is 18. The van der Waals surface area contributed by atoms with Gasteiger partial charge in [0.15, 0.2) is 11.9 Å². The maximum atomic E-state index is 13.9. The van der Waals surface area contributed by atoms with Crippen molar-refractivity contribution in [2.24, 2.45) is 50.1 Å². The predicted molar refractivity (Wildman–Crippen MR) is 260 cm³/mol. The number of aliphatic hydroxyl groups is 1. The van der Waals surface area contributed by atoms with Crippen LogP contribution in [-0.4, -0.2) is 185 Å². The summed E-state index contributed by atoms with van der Waals surface area (Å²) in [6.45, 7) is 0.935. The van der Waals surface area contributed by atoms with Gasteiger partial charge in [-0.15, -0.1) is 0 Å². The SMILES string of the molecule is CC(=O)O.C[C@@H](O)[C@@H]1NC(=O)[C@H](CCCN=C(N)N)NC(=O)[C@H](CCCCN)NC(=O)C(CC(N)=O)NC(=O)CNC(=O)[C@@H](N)CSSCC(C(=O)O)NC(=O)CNC(=O)[C@H](CCCN=C(N)N)NC1=O. The van der Waals surface area contributed by atoms with Gasteiger partial charge in [0.2, 0.25) is 53.2 Å². The third-order valence-electron chi connectivity index (χ3n) is 9.24. The third kappa shape index (κ3) is 29.8. The van der Waals surface area contributed by atoms with Crippen LogP contribution in [0.5, 0.6) is 0 Å². The monoisotopic (exact) mass is 1050 g/mol. The van der Waals surface area contributed by atoms with Crippen LogP contribution in [0.25, 0.3) is 0 Å². The molecule has 0 aliphatic carbocycles. The van der Waals surface area contributed by atoms with E-state index >= 15 is 0 Å². The number of unbranched alkanes of at least 4 members (excludes halogenated alkanes) is 1. The molecule has 1 rings (SSSR count). The molecule has 31 nitrogen and oxygen atoms in total. The minimum Gasteiger partial charge on any atom is -0.481 e. The van der Waals surface area contributed by atoms with E-state index in [0.29, 0.717) is 6.42 Å². The van der Waals surface area contributed by atoms with Crippen LogP contribution in [0.4, 0.5) is 0 Å². The van der Waals surface area contributed by atoms with E-state index in [4.69, 9.17) is 50.0 Å². The van der Waals surface area contributed by atoms with Gasteiger partial charge in [0.05, 0.1) is 31.7 Å². The Balaban J connectivity index is 0.0000118. The molecule has 0 saturated carbocycles. The molecule has 1 fully saturated rings. The molecule has 402 valence electrons. The molecule has 0 aromatic carbocycles. The molecule has 0 spiro atoms. The molecule has 9 amide bonds. The highest BCUT2D eigenvalue weighted by Gasteiger charge is 2.35. The number of primary amides is 1. The van der Waals surface area contributed by atoms with Crippen molar-refractivity contribution in [2.45, 2.75) is 114 Å². The van der Waals surface area contributed by atoms with Crippen LogP contribution in [0.2, 0.25) is 0 Å². The fraction of sp³-hybridized carbons (Fsp3) is 0.658. The molecule has 0 aromatic heterocycles. The van der Waals surface area contributed by atoms with E-state index in [2.05, 4.69) is 52.5 Å². The van der Waals surface area contributed by atoms with Crippen molar-refractivity contribution in [3.63, 3.8) is 0 Å². The Morgan fingerprint density at radius 3 is 1.54 bits per heavy atom. The van der Waals surface area contributed by atoms with Crippen molar-refractivity contribution < 1.29 is 68.1 Å². The highest BCUT2D eigenvalue weighted by molar-refractivity contribution is 8.76. The van der Waals surface area contributed by atoms with Gasteiger partial charge in [0, 0.05) is 31.5 Å². The smallest absolute Gasteiger partial charge is 0.327 e. The molecule has 1 aliphatic rings. The quantitative estimate of drug-likeness (QED) is 0.0295. The van der Waals surface area contributed by atoms with Gasteiger partial charge in [-0.05, 0) is 58.4 Å². The van der Waals surface area contributed by atoms with Crippen LogP contribution in [0.15, 0.2) is 9.98 Å². The number of carboxylic acids is 2. The molecular weight excluding hydrogens is 983 g/mol. The van der Waals surface area contributed by atoms with E-state index in [9.17, 15) is 58.2 Å². The molecule has 1 aliphatic heterocycles. The Labute approximate surface area is 416 Å². The first kappa shape index (κ1) is 64.3. The minimum absolute atomic E-state index is 0.0000806. The Kier molecular flexibility index (Phi) is 32.1. The van der Waals surface area contributed by atoms with Gasteiger partial charge < -0.3 is 98.0 Å². The summed E-state index contributed by atoms with van der Waals surface area (Å²) in [5, 5.41) is 46.7. The highest BCUT2D eigenvalue weighted by atomic mass is 33.1. The van der Waals surface area contributed by atoms with E-state index in [1.165, 1.54) is 0 Å². The number of rotatable bonds is 16. The maximum absolute atomic E-state index is 13.9. The van der Waals surface area contributed by atoms with Crippen LogP contribution in [0.1, 0.15) is 65.2 Å². The summed E-state index contributed by atoms with van der Waals surface area (Å²) in [6, 6.07) is -10.5. The molecule has 0 aromatic rings. The van der Waals surface area contributed by atoms with E-state index < -0.39 is 133 Å². The van der Waals surface area contributed by atoms with Crippen LogP contribution in [0.3, 0.4) is 0 Å².